The summed E-state index contributed by atoms with van der Waals surface area (Å²) in [4.78, 5) is 3.95. The first-order chi connectivity index (χ1) is 3.83. The number of nitrogens with zero attached hydrogens (tertiary/aromatic N) is 1. The summed E-state index contributed by atoms with van der Waals surface area (Å²) < 4.78 is 0. The Kier molecular flexibility index (Phi) is 3.58. The molecule has 54 valence electrons. The van der Waals surface area contributed by atoms with Crippen molar-refractivity contribution in [2.45, 2.75) is 18.9 Å². The van der Waals surface area contributed by atoms with E-state index in [9.17, 15) is 0 Å². The fraction of sp³-hybridized carbons (Fsp3) is 0.800. The molecule has 0 saturated carbocycles. The minimum absolute atomic E-state index is 0. The Morgan fingerprint density at radius 3 is 2.67 bits per heavy atom. The molecule has 0 aliphatic carbocycles. The number of amidine groups is 1. The number of aliphatic hydroxyl groups excluding tert-OH is 1. The van der Waals surface area contributed by atoms with Crippen molar-refractivity contribution in [1.82, 2.24) is 0 Å². The third-order valence-electron chi connectivity index (χ3n) is 1.29. The highest BCUT2D eigenvalue weighted by Crippen LogP contribution is 2.08. The average molecular weight is 151 g/mol. The van der Waals surface area contributed by atoms with Crippen LogP contribution >= 0.6 is 12.4 Å². The molecule has 0 aromatic heterocycles. The number of halogens is 1. The van der Waals surface area contributed by atoms with Crippen LogP contribution in [-0.4, -0.2) is 23.6 Å². The Morgan fingerprint density at radius 2 is 2.44 bits per heavy atom. The standard InChI is InChI=1S/C5H10N2O.ClH/c6-5-2-1-4(3-8)7-5;/h4,8H,1-3H2,(H2,6,7);1H/t4-;/m0./s1. The molecule has 0 bridgehead atoms. The highest BCUT2D eigenvalue weighted by Gasteiger charge is 2.12. The van der Waals surface area contributed by atoms with Crippen LogP contribution in [0.1, 0.15) is 12.8 Å². The van der Waals surface area contributed by atoms with Gasteiger partial charge in [-0.15, -0.1) is 12.4 Å². The van der Waals surface area contributed by atoms with Crippen LogP contribution in [0.4, 0.5) is 0 Å². The van der Waals surface area contributed by atoms with Crippen molar-refractivity contribution in [3.8, 4) is 0 Å². The molecule has 3 nitrogen and oxygen atoms in total. The van der Waals surface area contributed by atoms with Crippen LogP contribution in [0.15, 0.2) is 4.99 Å². The van der Waals surface area contributed by atoms with Gasteiger partial charge in [-0.3, -0.25) is 4.99 Å². The van der Waals surface area contributed by atoms with E-state index in [0.29, 0.717) is 5.84 Å². The van der Waals surface area contributed by atoms with Crippen molar-refractivity contribution < 1.29 is 5.11 Å². The lowest BCUT2D eigenvalue weighted by molar-refractivity contribution is 0.267. The molecule has 1 rings (SSSR count). The molecule has 0 unspecified atom stereocenters. The number of nitrogens with two attached hydrogens (primary N) is 1. The number of hydrogen-bond donors (Lipinski definition) is 2. The molecule has 9 heavy (non-hydrogen) atoms. The molecular weight excluding hydrogens is 140 g/mol. The topological polar surface area (TPSA) is 58.6 Å². The highest BCUT2D eigenvalue weighted by molar-refractivity contribution is 5.85. The van der Waals surface area contributed by atoms with Crippen LogP contribution in [0.2, 0.25) is 0 Å². The van der Waals surface area contributed by atoms with Crippen LogP contribution in [-0.2, 0) is 0 Å². The first-order valence-electron chi connectivity index (χ1n) is 2.76. The first-order valence-corrected chi connectivity index (χ1v) is 2.76. The van der Waals surface area contributed by atoms with Crippen molar-refractivity contribution in [1.29, 1.82) is 0 Å². The second kappa shape index (κ2) is 3.69. The first kappa shape index (κ1) is 8.72. The predicted molar refractivity (Wildman–Crippen MR) is 39.0 cm³/mol. The molecule has 1 heterocycles. The fourth-order valence-corrected chi connectivity index (χ4v) is 0.810. The van der Waals surface area contributed by atoms with E-state index >= 15 is 0 Å². The molecule has 1 atom stereocenters. The number of rotatable bonds is 1. The van der Waals surface area contributed by atoms with Crippen LogP contribution < -0.4 is 5.73 Å². The maximum absolute atomic E-state index is 8.52. The SMILES string of the molecule is Cl.NC1=N[C@H](CO)CC1. The van der Waals surface area contributed by atoms with E-state index in [4.69, 9.17) is 10.8 Å². The van der Waals surface area contributed by atoms with E-state index < -0.39 is 0 Å². The van der Waals surface area contributed by atoms with E-state index in [1.807, 2.05) is 0 Å². The largest absolute Gasteiger partial charge is 0.394 e. The van der Waals surface area contributed by atoms with Crippen LogP contribution in [0.5, 0.6) is 0 Å². The zero-order valence-corrected chi connectivity index (χ0v) is 5.90. The predicted octanol–water partition coefficient (Wildman–Crippen LogP) is -0.0799. The molecule has 0 spiro atoms. The lowest BCUT2D eigenvalue weighted by Crippen LogP contribution is -2.07. The molecule has 0 aromatic carbocycles. The van der Waals surface area contributed by atoms with Gasteiger partial charge in [0.05, 0.1) is 18.5 Å². The van der Waals surface area contributed by atoms with Gasteiger partial charge < -0.3 is 10.8 Å². The van der Waals surface area contributed by atoms with Gasteiger partial charge in [0, 0.05) is 6.42 Å². The number of hydrogen-bond acceptors (Lipinski definition) is 3. The number of aliphatic hydroxyl groups is 1. The van der Waals surface area contributed by atoms with Gasteiger partial charge in [0.15, 0.2) is 0 Å². The Bertz CT molecular complexity index is 116. The van der Waals surface area contributed by atoms with E-state index in [2.05, 4.69) is 4.99 Å². The van der Waals surface area contributed by atoms with Gasteiger partial charge in [0.1, 0.15) is 0 Å². The van der Waals surface area contributed by atoms with Gasteiger partial charge in [-0.05, 0) is 6.42 Å². The number of aliphatic imine (C=N–C) groups is 1. The van der Waals surface area contributed by atoms with Gasteiger partial charge in [-0.2, -0.15) is 0 Å². The lowest BCUT2D eigenvalue weighted by atomic mass is 10.2. The quantitative estimate of drug-likeness (QED) is 0.550. The molecule has 3 N–H and O–H groups in total. The molecule has 0 radical (unpaired) electrons. The van der Waals surface area contributed by atoms with Crippen LogP contribution in [0.25, 0.3) is 0 Å². The van der Waals surface area contributed by atoms with Crippen molar-refractivity contribution >= 4 is 18.2 Å². The molecule has 0 saturated heterocycles. The molecule has 0 fully saturated rings. The van der Waals surface area contributed by atoms with Crippen molar-refractivity contribution in [3.05, 3.63) is 0 Å². The van der Waals surface area contributed by atoms with Gasteiger partial charge in [-0.25, -0.2) is 0 Å². The van der Waals surface area contributed by atoms with E-state index in [-0.39, 0.29) is 25.1 Å². The summed E-state index contributed by atoms with van der Waals surface area (Å²) in [7, 11) is 0. The molecule has 1 aliphatic rings. The molecule has 4 heteroatoms. The minimum atomic E-state index is 0. The third kappa shape index (κ3) is 2.20. The monoisotopic (exact) mass is 150 g/mol. The minimum Gasteiger partial charge on any atom is -0.394 e. The summed E-state index contributed by atoms with van der Waals surface area (Å²) in [5, 5.41) is 8.52. The van der Waals surface area contributed by atoms with E-state index in [1.54, 1.807) is 0 Å². The summed E-state index contributed by atoms with van der Waals surface area (Å²) in [5.74, 6) is 0.684. The zero-order valence-electron chi connectivity index (χ0n) is 5.08. The van der Waals surface area contributed by atoms with Gasteiger partial charge >= 0.3 is 0 Å². The normalized spacial score (nSPS) is 25.0. The summed E-state index contributed by atoms with van der Waals surface area (Å²) in [5.41, 5.74) is 5.34. The smallest absolute Gasteiger partial charge is 0.0942 e. The maximum Gasteiger partial charge on any atom is 0.0942 e. The Balaban J connectivity index is 0.000000640. The maximum atomic E-state index is 8.52. The molecule has 0 amide bonds. The fourth-order valence-electron chi connectivity index (χ4n) is 0.810. The van der Waals surface area contributed by atoms with E-state index in [1.165, 1.54) is 0 Å². The Morgan fingerprint density at radius 1 is 1.78 bits per heavy atom. The van der Waals surface area contributed by atoms with Gasteiger partial charge in [0.2, 0.25) is 0 Å². The lowest BCUT2D eigenvalue weighted by Gasteiger charge is -1.95. The van der Waals surface area contributed by atoms with Crippen LogP contribution in [0, 0.1) is 0 Å². The molecule has 1 aliphatic heterocycles. The van der Waals surface area contributed by atoms with Crippen molar-refractivity contribution in [3.63, 3.8) is 0 Å². The molecule has 0 aromatic rings. The summed E-state index contributed by atoms with van der Waals surface area (Å²) in [6.45, 7) is 0.140. The Labute approximate surface area is 60.4 Å². The average Bonchev–Trinajstić information content (AvgIpc) is 2.14. The van der Waals surface area contributed by atoms with Gasteiger partial charge in [-0.1, -0.05) is 0 Å². The van der Waals surface area contributed by atoms with Crippen molar-refractivity contribution in [2.24, 2.45) is 10.7 Å². The summed E-state index contributed by atoms with van der Waals surface area (Å²) >= 11 is 0. The molecular formula is C5H11ClN2O. The third-order valence-corrected chi connectivity index (χ3v) is 1.29. The second-order valence-electron chi connectivity index (χ2n) is 2.00. The summed E-state index contributed by atoms with van der Waals surface area (Å²) in [6, 6.07) is 0.0926. The zero-order chi connectivity index (χ0) is 5.98. The van der Waals surface area contributed by atoms with Gasteiger partial charge in [0.25, 0.3) is 0 Å². The van der Waals surface area contributed by atoms with Crippen molar-refractivity contribution in [2.75, 3.05) is 6.61 Å². The van der Waals surface area contributed by atoms with E-state index in [0.717, 1.165) is 12.8 Å². The Hall–Kier alpha value is -0.280. The highest BCUT2D eigenvalue weighted by atomic mass is 35.5. The van der Waals surface area contributed by atoms with Crippen LogP contribution in [0.3, 0.4) is 0 Å². The summed E-state index contributed by atoms with van der Waals surface area (Å²) in [6.07, 6.45) is 1.77. The second-order valence-corrected chi connectivity index (χ2v) is 2.00.